The number of rotatable bonds is 20. The van der Waals surface area contributed by atoms with Gasteiger partial charge in [-0.3, -0.25) is 9.59 Å². The first-order chi connectivity index (χ1) is 18.1. The zero-order chi connectivity index (χ0) is 29.2. The summed E-state index contributed by atoms with van der Waals surface area (Å²) in [6.07, 6.45) is 17.3. The van der Waals surface area contributed by atoms with Crippen molar-refractivity contribution in [2.75, 3.05) is 6.61 Å². The van der Waals surface area contributed by atoms with Crippen LogP contribution in [0, 0.1) is 0 Å². The summed E-state index contributed by atoms with van der Waals surface area (Å²) in [5, 5.41) is 51.8. The van der Waals surface area contributed by atoms with Gasteiger partial charge >= 0.3 is 17.9 Å². The van der Waals surface area contributed by atoms with Crippen LogP contribution in [0.3, 0.4) is 0 Å². The average Bonchev–Trinajstić information content (AvgIpc) is 3.14. The fourth-order valence-electron chi connectivity index (χ4n) is 3.64. The number of hydrogen-bond donors (Lipinski definition) is 6. The molecule has 2 atom stereocenters. The summed E-state index contributed by atoms with van der Waals surface area (Å²) in [5.41, 5.74) is 0. The molecule has 0 saturated carbocycles. The van der Waals surface area contributed by atoms with E-state index in [1.807, 2.05) is 0 Å². The minimum atomic E-state index is -1.42. The average molecular weight is 549 g/mol. The Balaban J connectivity index is 0. The second-order valence-corrected chi connectivity index (χ2v) is 9.55. The molecular weight excluding hydrogens is 496 g/mol. The van der Waals surface area contributed by atoms with Crippen LogP contribution in [0.5, 0.6) is 0 Å². The van der Waals surface area contributed by atoms with Crippen LogP contribution >= 0.6 is 0 Å². The lowest BCUT2D eigenvalue weighted by Crippen LogP contribution is -2.31. The van der Waals surface area contributed by atoms with Gasteiger partial charge in [0.15, 0.2) is 11.9 Å². The molecule has 0 spiro atoms. The summed E-state index contributed by atoms with van der Waals surface area (Å²) in [5.74, 6) is -4.10. The monoisotopic (exact) mass is 548 g/mol. The van der Waals surface area contributed by atoms with Crippen LogP contribution in [-0.2, 0) is 19.1 Å². The first kappa shape index (κ1) is 37.8. The van der Waals surface area contributed by atoms with Gasteiger partial charge in [-0.05, 0) is 12.8 Å². The van der Waals surface area contributed by atoms with Gasteiger partial charge in [-0.2, -0.15) is 0 Å². The Morgan fingerprint density at radius 2 is 1.05 bits per heavy atom. The molecule has 0 aliphatic carbocycles. The number of carboxylic acids is 2. The predicted octanol–water partition coefficient (Wildman–Crippen LogP) is 5.80. The second kappa shape index (κ2) is 26.3. The lowest BCUT2D eigenvalue weighted by atomic mass is 10.1. The number of cyclic esters (lactones) is 1. The number of carbonyl (C=O) groups excluding carboxylic acids is 1. The van der Waals surface area contributed by atoms with Crippen molar-refractivity contribution in [1.29, 1.82) is 0 Å². The highest BCUT2D eigenvalue weighted by atomic mass is 16.6. The smallest absolute Gasteiger partial charge is 0.377 e. The van der Waals surface area contributed by atoms with Crippen molar-refractivity contribution >= 4 is 17.9 Å². The third-order valence-electron chi connectivity index (χ3n) is 5.96. The standard InChI is InChI=1S/2C11H22O2.C6H8O6/c2*1-2-3-4-5-6-7-8-9-10-11(12)13;7-1-2(8)5-3(9)4(10)6(11)12-5/h2*2-10H2,1H3,(H,12,13);2,5,7-10H,1H2/t;;2-,5+/m..0/s1. The Labute approximate surface area is 227 Å². The predicted molar refractivity (Wildman–Crippen MR) is 145 cm³/mol. The first-order valence-corrected chi connectivity index (χ1v) is 14.2. The highest BCUT2D eigenvalue weighted by molar-refractivity contribution is 5.89. The number of aliphatic hydroxyl groups is 4. The van der Waals surface area contributed by atoms with Crippen molar-refractivity contribution < 1.29 is 49.8 Å². The molecule has 1 aliphatic heterocycles. The van der Waals surface area contributed by atoms with E-state index in [2.05, 4.69) is 18.6 Å². The van der Waals surface area contributed by atoms with Crippen LogP contribution in [0.1, 0.15) is 129 Å². The number of hydrogen-bond acceptors (Lipinski definition) is 8. The van der Waals surface area contributed by atoms with Crippen LogP contribution in [-0.4, -0.2) is 67.4 Å². The van der Waals surface area contributed by atoms with E-state index in [9.17, 15) is 14.4 Å². The van der Waals surface area contributed by atoms with E-state index in [0.717, 1.165) is 25.7 Å². The molecule has 1 heterocycles. The van der Waals surface area contributed by atoms with Gasteiger partial charge in [0.2, 0.25) is 5.76 Å². The maximum atomic E-state index is 10.5. The summed E-state index contributed by atoms with van der Waals surface area (Å²) >= 11 is 0. The van der Waals surface area contributed by atoms with Crippen LogP contribution < -0.4 is 0 Å². The Morgan fingerprint density at radius 3 is 1.32 bits per heavy atom. The molecule has 0 bridgehead atoms. The SMILES string of the molecule is CCCCCCCCCCC(=O)O.CCCCCCCCCCC(=O)O.O=C1O[C@H]([C@@H](O)CO)C(O)=C1O. The largest absolute Gasteiger partial charge is 0.505 e. The van der Waals surface area contributed by atoms with E-state index in [1.165, 1.54) is 77.0 Å². The highest BCUT2D eigenvalue weighted by Crippen LogP contribution is 2.21. The molecule has 0 amide bonds. The highest BCUT2D eigenvalue weighted by Gasteiger charge is 2.38. The molecule has 38 heavy (non-hydrogen) atoms. The Bertz CT molecular complexity index is 618. The van der Waals surface area contributed by atoms with Crippen LogP contribution in [0.15, 0.2) is 11.5 Å². The fourth-order valence-corrected chi connectivity index (χ4v) is 3.64. The lowest BCUT2D eigenvalue weighted by Gasteiger charge is -2.13. The van der Waals surface area contributed by atoms with Gasteiger partial charge in [0.25, 0.3) is 0 Å². The topological polar surface area (TPSA) is 182 Å². The van der Waals surface area contributed by atoms with Crippen molar-refractivity contribution in [2.45, 2.75) is 142 Å². The molecule has 1 rings (SSSR count). The quantitative estimate of drug-likeness (QED) is 0.0803. The van der Waals surface area contributed by atoms with Crippen LogP contribution in [0.4, 0.5) is 0 Å². The normalized spacial score (nSPS) is 15.2. The van der Waals surface area contributed by atoms with Crippen molar-refractivity contribution in [3.8, 4) is 0 Å². The number of carbonyl (C=O) groups is 3. The maximum absolute atomic E-state index is 10.5. The van der Waals surface area contributed by atoms with Crippen molar-refractivity contribution in [1.82, 2.24) is 0 Å². The van der Waals surface area contributed by atoms with E-state index >= 15 is 0 Å². The molecular formula is C28H52O10. The number of aliphatic hydroxyl groups excluding tert-OH is 4. The van der Waals surface area contributed by atoms with Gasteiger partial charge in [-0.25, -0.2) is 4.79 Å². The maximum Gasteiger partial charge on any atom is 0.377 e. The van der Waals surface area contributed by atoms with E-state index in [-0.39, 0.29) is 0 Å². The van der Waals surface area contributed by atoms with Crippen molar-refractivity contribution in [2.24, 2.45) is 0 Å². The summed E-state index contributed by atoms with van der Waals surface area (Å²) < 4.78 is 4.32. The van der Waals surface area contributed by atoms with Gasteiger partial charge in [-0.1, -0.05) is 104 Å². The number of unbranched alkanes of at least 4 members (excludes halogenated alkanes) is 14. The van der Waals surface area contributed by atoms with Crippen molar-refractivity contribution in [3.05, 3.63) is 11.5 Å². The lowest BCUT2D eigenvalue weighted by molar-refractivity contribution is -0.147. The van der Waals surface area contributed by atoms with E-state index in [1.54, 1.807) is 0 Å². The molecule has 1 aliphatic rings. The molecule has 0 aromatic carbocycles. The second-order valence-electron chi connectivity index (χ2n) is 9.55. The fraction of sp³-hybridized carbons (Fsp3) is 0.821. The Hall–Kier alpha value is -2.33. The molecule has 10 nitrogen and oxygen atoms in total. The molecule has 0 radical (unpaired) electrons. The molecule has 0 aromatic rings. The minimum absolute atomic E-state index is 0.342. The molecule has 0 saturated heterocycles. The zero-order valence-corrected chi connectivity index (χ0v) is 23.4. The van der Waals surface area contributed by atoms with Gasteiger partial charge in [0.05, 0.1) is 6.61 Å². The summed E-state index contributed by atoms with van der Waals surface area (Å²) in [6.45, 7) is 3.76. The van der Waals surface area contributed by atoms with E-state index < -0.39 is 48.2 Å². The Morgan fingerprint density at radius 1 is 0.711 bits per heavy atom. The van der Waals surface area contributed by atoms with Crippen molar-refractivity contribution in [3.63, 3.8) is 0 Å². The molecule has 6 N–H and O–H groups in total. The number of aliphatic carboxylic acids is 2. The first-order valence-electron chi connectivity index (χ1n) is 14.2. The summed E-state index contributed by atoms with van der Waals surface area (Å²) in [4.78, 5) is 30.9. The van der Waals surface area contributed by atoms with Crippen LogP contribution in [0.2, 0.25) is 0 Å². The van der Waals surface area contributed by atoms with E-state index in [4.69, 9.17) is 30.6 Å². The minimum Gasteiger partial charge on any atom is -0.505 e. The van der Waals surface area contributed by atoms with Crippen LogP contribution in [0.25, 0.3) is 0 Å². The van der Waals surface area contributed by atoms with Gasteiger partial charge in [0, 0.05) is 12.8 Å². The molecule has 0 unspecified atom stereocenters. The van der Waals surface area contributed by atoms with Gasteiger partial charge in [-0.15, -0.1) is 0 Å². The van der Waals surface area contributed by atoms with Gasteiger partial charge in [0.1, 0.15) is 6.10 Å². The molecule has 0 fully saturated rings. The zero-order valence-electron chi connectivity index (χ0n) is 23.4. The molecule has 224 valence electrons. The summed E-state index contributed by atoms with van der Waals surface area (Å²) in [6, 6.07) is 0. The third-order valence-corrected chi connectivity index (χ3v) is 5.96. The Kier molecular flexibility index (Phi) is 26.2. The number of esters is 1. The summed E-state index contributed by atoms with van der Waals surface area (Å²) in [7, 11) is 0. The molecule has 10 heteroatoms. The number of ether oxygens (including phenoxy) is 1. The molecule has 0 aromatic heterocycles. The number of carboxylic acid groups (broad SMARTS) is 2. The van der Waals surface area contributed by atoms with E-state index in [0.29, 0.717) is 12.8 Å². The van der Waals surface area contributed by atoms with Gasteiger partial charge < -0.3 is 35.4 Å². The third kappa shape index (κ3) is 22.8.